The van der Waals surface area contributed by atoms with Gasteiger partial charge in [0.25, 0.3) is 0 Å². The lowest BCUT2D eigenvalue weighted by atomic mass is 10.1. The minimum Gasteiger partial charge on any atom is -0.387 e. The number of aliphatic hydroxyl groups is 1. The summed E-state index contributed by atoms with van der Waals surface area (Å²) in [5, 5.41) is 9.75. The molecule has 1 aromatic rings. The molecule has 1 saturated carbocycles. The van der Waals surface area contributed by atoms with E-state index in [0.29, 0.717) is 18.4 Å². The number of aromatic nitrogens is 1. The summed E-state index contributed by atoms with van der Waals surface area (Å²) in [5.41, 5.74) is 1.97. The van der Waals surface area contributed by atoms with Gasteiger partial charge in [0.1, 0.15) is 0 Å². The molecule has 1 N–H and O–H groups in total. The predicted molar refractivity (Wildman–Crippen MR) is 74.7 cm³/mol. The lowest BCUT2D eigenvalue weighted by Crippen LogP contribution is -2.29. The molecule has 1 heterocycles. The average molecular weight is 248 g/mol. The number of rotatable bonds is 6. The van der Waals surface area contributed by atoms with Crippen LogP contribution in [0.4, 0.5) is 5.69 Å². The molecule has 3 nitrogen and oxygen atoms in total. The lowest BCUT2D eigenvalue weighted by Gasteiger charge is -2.26. The van der Waals surface area contributed by atoms with Crippen LogP contribution in [0.3, 0.4) is 0 Å². The number of aliphatic hydroxyl groups excluding tert-OH is 1. The molecule has 0 aliphatic heterocycles. The van der Waals surface area contributed by atoms with Crippen molar-refractivity contribution in [1.82, 2.24) is 4.98 Å². The molecule has 1 aliphatic carbocycles. The van der Waals surface area contributed by atoms with E-state index in [4.69, 9.17) is 0 Å². The summed E-state index contributed by atoms with van der Waals surface area (Å²) < 4.78 is 0. The molecule has 0 radical (unpaired) electrons. The van der Waals surface area contributed by atoms with Crippen molar-refractivity contribution in [3.63, 3.8) is 0 Å². The Hall–Kier alpha value is -1.09. The van der Waals surface area contributed by atoms with Gasteiger partial charge in [-0.25, -0.2) is 0 Å². The van der Waals surface area contributed by atoms with E-state index in [2.05, 4.69) is 29.8 Å². The highest BCUT2D eigenvalue weighted by Gasteiger charge is 2.29. The van der Waals surface area contributed by atoms with E-state index in [0.717, 1.165) is 12.2 Å². The third-order valence-electron chi connectivity index (χ3n) is 3.38. The molecule has 1 aromatic heterocycles. The van der Waals surface area contributed by atoms with Crippen LogP contribution in [0.1, 0.15) is 51.8 Å². The van der Waals surface area contributed by atoms with Crippen molar-refractivity contribution in [2.75, 3.05) is 11.4 Å². The largest absolute Gasteiger partial charge is 0.387 e. The highest BCUT2D eigenvalue weighted by molar-refractivity contribution is 5.47. The molecular formula is C15H24N2O. The average Bonchev–Trinajstić information content (AvgIpc) is 3.19. The lowest BCUT2D eigenvalue weighted by molar-refractivity contribution is 0.169. The number of pyridine rings is 1. The summed E-state index contributed by atoms with van der Waals surface area (Å²) in [6.45, 7) is 7.55. The van der Waals surface area contributed by atoms with Crippen molar-refractivity contribution in [1.29, 1.82) is 0 Å². The maximum atomic E-state index is 9.75. The Labute approximate surface area is 110 Å². The molecule has 1 aliphatic rings. The number of hydrogen-bond donors (Lipinski definition) is 1. The van der Waals surface area contributed by atoms with Gasteiger partial charge in [0.15, 0.2) is 0 Å². The zero-order valence-corrected chi connectivity index (χ0v) is 11.6. The first-order valence-electron chi connectivity index (χ1n) is 7.02. The Kier molecular flexibility index (Phi) is 4.23. The summed E-state index contributed by atoms with van der Waals surface area (Å²) in [6, 6.07) is 4.76. The molecule has 18 heavy (non-hydrogen) atoms. The molecule has 0 amide bonds. The van der Waals surface area contributed by atoms with Crippen LogP contribution >= 0.6 is 0 Å². The fraction of sp³-hybridized carbons (Fsp3) is 0.667. The molecule has 0 saturated heterocycles. The van der Waals surface area contributed by atoms with Crippen molar-refractivity contribution in [3.05, 3.63) is 24.0 Å². The van der Waals surface area contributed by atoms with Gasteiger partial charge in [-0.3, -0.25) is 4.98 Å². The van der Waals surface area contributed by atoms with E-state index in [-0.39, 0.29) is 0 Å². The highest BCUT2D eigenvalue weighted by atomic mass is 16.3. The van der Waals surface area contributed by atoms with Crippen molar-refractivity contribution in [3.8, 4) is 0 Å². The van der Waals surface area contributed by atoms with Crippen molar-refractivity contribution < 1.29 is 5.11 Å². The molecule has 0 aromatic carbocycles. The minimum absolute atomic E-state index is 0.432. The number of nitrogens with zero attached hydrogens (tertiary/aromatic N) is 2. The molecule has 0 spiro atoms. The quantitative estimate of drug-likeness (QED) is 0.840. The third-order valence-corrected chi connectivity index (χ3v) is 3.38. The second-order valence-corrected chi connectivity index (χ2v) is 5.64. The van der Waals surface area contributed by atoms with Crippen LogP contribution in [0.2, 0.25) is 0 Å². The fourth-order valence-corrected chi connectivity index (χ4v) is 2.22. The van der Waals surface area contributed by atoms with Crippen molar-refractivity contribution in [2.45, 2.75) is 52.2 Å². The summed E-state index contributed by atoms with van der Waals surface area (Å²) in [5.74, 6) is 0.659. The number of anilines is 1. The van der Waals surface area contributed by atoms with E-state index in [1.54, 1.807) is 0 Å². The molecule has 100 valence electrons. The van der Waals surface area contributed by atoms with Crippen LogP contribution in [0.25, 0.3) is 0 Å². The standard InChI is InChI=1S/C15H24N2O/c1-4-15(18)14-8-7-13(9-16-14)17(10-11(2)3)12-5-6-12/h7-9,11-12,15,18H,4-6,10H2,1-3H3/t15-/m0/s1. The smallest absolute Gasteiger partial charge is 0.0957 e. The second-order valence-electron chi connectivity index (χ2n) is 5.64. The van der Waals surface area contributed by atoms with Crippen LogP contribution in [0.15, 0.2) is 18.3 Å². The molecule has 1 atom stereocenters. The zero-order chi connectivity index (χ0) is 13.1. The van der Waals surface area contributed by atoms with Gasteiger partial charge in [-0.1, -0.05) is 20.8 Å². The van der Waals surface area contributed by atoms with E-state index in [9.17, 15) is 5.11 Å². The van der Waals surface area contributed by atoms with E-state index in [1.165, 1.54) is 18.5 Å². The van der Waals surface area contributed by atoms with Gasteiger partial charge in [-0.2, -0.15) is 0 Å². The normalized spacial score (nSPS) is 16.9. The van der Waals surface area contributed by atoms with Crippen LogP contribution in [-0.2, 0) is 0 Å². The second kappa shape index (κ2) is 5.70. The van der Waals surface area contributed by atoms with Crippen molar-refractivity contribution in [2.24, 2.45) is 5.92 Å². The Balaban J connectivity index is 2.10. The SMILES string of the molecule is CC[C@H](O)c1ccc(N(CC(C)C)C2CC2)cn1. The van der Waals surface area contributed by atoms with Gasteiger partial charge in [0.05, 0.1) is 23.7 Å². The van der Waals surface area contributed by atoms with Crippen LogP contribution in [-0.4, -0.2) is 22.7 Å². The predicted octanol–water partition coefficient (Wildman–Crippen LogP) is 3.15. The van der Waals surface area contributed by atoms with Crippen LogP contribution in [0, 0.1) is 5.92 Å². The Morgan fingerprint density at radius 3 is 2.56 bits per heavy atom. The van der Waals surface area contributed by atoms with Crippen LogP contribution < -0.4 is 4.90 Å². The molecule has 2 rings (SSSR count). The van der Waals surface area contributed by atoms with Gasteiger partial charge < -0.3 is 10.0 Å². The Morgan fingerprint density at radius 1 is 1.39 bits per heavy atom. The van der Waals surface area contributed by atoms with Gasteiger partial charge in [0, 0.05) is 12.6 Å². The molecule has 0 unspecified atom stereocenters. The molecule has 0 bridgehead atoms. The topological polar surface area (TPSA) is 36.4 Å². The number of hydrogen-bond acceptors (Lipinski definition) is 3. The first-order chi connectivity index (χ1) is 8.61. The molecular weight excluding hydrogens is 224 g/mol. The highest BCUT2D eigenvalue weighted by Crippen LogP contribution is 2.32. The van der Waals surface area contributed by atoms with Gasteiger partial charge in [-0.05, 0) is 37.3 Å². The Bertz CT molecular complexity index is 371. The summed E-state index contributed by atoms with van der Waals surface area (Å²) in [6.07, 6.45) is 4.79. The van der Waals surface area contributed by atoms with E-state index >= 15 is 0 Å². The Morgan fingerprint density at radius 2 is 2.11 bits per heavy atom. The van der Waals surface area contributed by atoms with Crippen molar-refractivity contribution >= 4 is 5.69 Å². The van der Waals surface area contributed by atoms with Crippen LogP contribution in [0.5, 0.6) is 0 Å². The minimum atomic E-state index is -0.432. The first-order valence-corrected chi connectivity index (χ1v) is 7.02. The fourth-order valence-electron chi connectivity index (χ4n) is 2.22. The summed E-state index contributed by atoms with van der Waals surface area (Å²) in [4.78, 5) is 6.85. The van der Waals surface area contributed by atoms with Gasteiger partial charge >= 0.3 is 0 Å². The third kappa shape index (κ3) is 3.22. The first kappa shape index (κ1) is 13.3. The van der Waals surface area contributed by atoms with Gasteiger partial charge in [0.2, 0.25) is 0 Å². The summed E-state index contributed by atoms with van der Waals surface area (Å²) in [7, 11) is 0. The van der Waals surface area contributed by atoms with Gasteiger partial charge in [-0.15, -0.1) is 0 Å². The van der Waals surface area contributed by atoms with E-state index in [1.807, 2.05) is 19.2 Å². The maximum Gasteiger partial charge on any atom is 0.0957 e. The molecule has 3 heteroatoms. The maximum absolute atomic E-state index is 9.75. The monoisotopic (exact) mass is 248 g/mol. The van der Waals surface area contributed by atoms with E-state index < -0.39 is 6.10 Å². The summed E-state index contributed by atoms with van der Waals surface area (Å²) >= 11 is 0. The molecule has 1 fully saturated rings. The zero-order valence-electron chi connectivity index (χ0n) is 11.6.